The van der Waals surface area contributed by atoms with Crippen molar-refractivity contribution in [2.45, 2.75) is 51.6 Å². The Labute approximate surface area is 175 Å². The number of rotatable bonds is 8. The maximum atomic E-state index is 13.4. The lowest BCUT2D eigenvalue weighted by Crippen LogP contribution is -2.57. The van der Waals surface area contributed by atoms with Gasteiger partial charge < -0.3 is 20.5 Å². The average Bonchev–Trinajstić information content (AvgIpc) is 2.70. The van der Waals surface area contributed by atoms with Crippen LogP contribution in [-0.2, 0) is 12.7 Å². The van der Waals surface area contributed by atoms with Crippen LogP contribution >= 0.6 is 0 Å². The summed E-state index contributed by atoms with van der Waals surface area (Å²) >= 11 is 0. The van der Waals surface area contributed by atoms with Crippen molar-refractivity contribution in [3.63, 3.8) is 0 Å². The first-order chi connectivity index (χ1) is 14.5. The summed E-state index contributed by atoms with van der Waals surface area (Å²) < 4.78 is 69.9. The van der Waals surface area contributed by atoms with Crippen LogP contribution in [0, 0.1) is 5.41 Å². The van der Waals surface area contributed by atoms with Crippen molar-refractivity contribution >= 4 is 11.8 Å². The molecule has 3 N–H and O–H groups in total. The topological polar surface area (TPSA) is 92.2 Å². The minimum absolute atomic E-state index is 0.00908. The quantitative estimate of drug-likeness (QED) is 0.532. The maximum absolute atomic E-state index is 13.4. The fourth-order valence-corrected chi connectivity index (χ4v) is 3.10. The molecule has 2 aromatic rings. The zero-order valence-electron chi connectivity index (χ0n) is 16.7. The molecule has 170 valence electrons. The third-order valence-electron chi connectivity index (χ3n) is 5.25. The fraction of sp³-hybridized carbons (Fsp3) is 0.526. The number of hydrogen-bond acceptors (Lipinski definition) is 7. The summed E-state index contributed by atoms with van der Waals surface area (Å²) in [6, 6.07) is 2.73. The highest BCUT2D eigenvalue weighted by atomic mass is 19.4. The number of ether oxygens (including phenoxy) is 1. The van der Waals surface area contributed by atoms with Crippen LogP contribution < -0.4 is 15.4 Å². The second kappa shape index (κ2) is 8.77. The first-order valence-corrected chi connectivity index (χ1v) is 9.46. The van der Waals surface area contributed by atoms with Gasteiger partial charge in [0.2, 0.25) is 11.8 Å². The smallest absolute Gasteiger partial charge is 0.421 e. The van der Waals surface area contributed by atoms with Gasteiger partial charge >= 0.3 is 6.18 Å². The van der Waals surface area contributed by atoms with Crippen LogP contribution in [0.5, 0.6) is 5.88 Å². The summed E-state index contributed by atoms with van der Waals surface area (Å²) in [5.41, 5.74) is -1.24. The standard InChI is InChI=1S/C19H22F5N5O2/c1-18(2)12(6-13(18)30)28-15-11(19(22,23)24)8-27-17(29-15)26-7-10-4-3-5-25-16(10)31-9-14(20)21/h3-5,8,12-14,30H,6-7,9H2,1-2H3,(H2,26,27,28,29)/t12-,13+/m1/s1. The van der Waals surface area contributed by atoms with Crippen molar-refractivity contribution < 1.29 is 31.8 Å². The van der Waals surface area contributed by atoms with Crippen LogP contribution in [0.3, 0.4) is 0 Å². The van der Waals surface area contributed by atoms with Gasteiger partial charge in [0.25, 0.3) is 6.43 Å². The maximum Gasteiger partial charge on any atom is 0.421 e. The van der Waals surface area contributed by atoms with Gasteiger partial charge in [0.1, 0.15) is 11.4 Å². The molecule has 7 nitrogen and oxygen atoms in total. The zero-order valence-corrected chi connectivity index (χ0v) is 16.7. The monoisotopic (exact) mass is 447 g/mol. The fourth-order valence-electron chi connectivity index (χ4n) is 3.10. The van der Waals surface area contributed by atoms with Crippen molar-refractivity contribution in [3.05, 3.63) is 35.7 Å². The lowest BCUT2D eigenvalue weighted by atomic mass is 9.64. The van der Waals surface area contributed by atoms with Crippen molar-refractivity contribution in [2.75, 3.05) is 17.2 Å². The molecular formula is C19H22F5N5O2. The van der Waals surface area contributed by atoms with Crippen molar-refractivity contribution in [1.29, 1.82) is 0 Å². The Kier molecular flexibility index (Phi) is 6.48. The largest absolute Gasteiger partial charge is 0.471 e. The Balaban J connectivity index is 1.77. The third kappa shape index (κ3) is 5.30. The molecule has 0 amide bonds. The van der Waals surface area contributed by atoms with E-state index in [2.05, 4.69) is 25.6 Å². The van der Waals surface area contributed by atoms with Gasteiger partial charge in [-0.1, -0.05) is 19.9 Å². The third-order valence-corrected chi connectivity index (χ3v) is 5.25. The Bertz CT molecular complexity index is 909. The van der Waals surface area contributed by atoms with E-state index in [0.29, 0.717) is 11.8 Å². The number of halogens is 5. The molecule has 0 saturated heterocycles. The summed E-state index contributed by atoms with van der Waals surface area (Å²) in [5, 5.41) is 15.4. The number of aliphatic hydroxyl groups excluding tert-OH is 1. The summed E-state index contributed by atoms with van der Waals surface area (Å²) in [6.45, 7) is 2.65. The average molecular weight is 447 g/mol. The Morgan fingerprint density at radius 3 is 2.65 bits per heavy atom. The number of aliphatic hydroxyl groups is 1. The number of pyridine rings is 1. The minimum atomic E-state index is -4.67. The van der Waals surface area contributed by atoms with Crippen molar-refractivity contribution in [1.82, 2.24) is 15.0 Å². The Morgan fingerprint density at radius 2 is 2.03 bits per heavy atom. The molecule has 0 spiro atoms. The van der Waals surface area contributed by atoms with Gasteiger partial charge in [-0.05, 0) is 12.5 Å². The van der Waals surface area contributed by atoms with Crippen LogP contribution in [0.4, 0.5) is 33.7 Å². The van der Waals surface area contributed by atoms with E-state index in [1.165, 1.54) is 6.20 Å². The second-order valence-corrected chi connectivity index (χ2v) is 7.75. The van der Waals surface area contributed by atoms with E-state index >= 15 is 0 Å². The van der Waals surface area contributed by atoms with Gasteiger partial charge in [0.05, 0.1) is 6.10 Å². The molecular weight excluding hydrogens is 425 g/mol. The van der Waals surface area contributed by atoms with Crippen LogP contribution in [0.25, 0.3) is 0 Å². The number of hydrogen-bond donors (Lipinski definition) is 3. The molecule has 1 fully saturated rings. The molecule has 1 aliphatic carbocycles. The molecule has 0 aromatic carbocycles. The Hall–Kier alpha value is -2.76. The minimum Gasteiger partial charge on any atom is -0.471 e. The Morgan fingerprint density at radius 1 is 1.29 bits per heavy atom. The summed E-state index contributed by atoms with van der Waals surface area (Å²) in [7, 11) is 0. The molecule has 12 heteroatoms. The number of alkyl halides is 5. The molecule has 0 unspecified atom stereocenters. The molecule has 2 heterocycles. The number of anilines is 2. The highest BCUT2D eigenvalue weighted by Crippen LogP contribution is 2.43. The van der Waals surface area contributed by atoms with E-state index in [4.69, 9.17) is 4.74 Å². The first kappa shape index (κ1) is 22.9. The van der Waals surface area contributed by atoms with Crippen LogP contribution in [0.2, 0.25) is 0 Å². The van der Waals surface area contributed by atoms with E-state index in [0.717, 1.165) is 0 Å². The highest BCUT2D eigenvalue weighted by Gasteiger charge is 2.48. The lowest BCUT2D eigenvalue weighted by molar-refractivity contribution is -0.137. The molecule has 31 heavy (non-hydrogen) atoms. The van der Waals surface area contributed by atoms with E-state index in [-0.39, 0.29) is 24.8 Å². The zero-order chi connectivity index (χ0) is 22.8. The van der Waals surface area contributed by atoms with Crippen molar-refractivity contribution in [3.8, 4) is 5.88 Å². The van der Waals surface area contributed by atoms with Gasteiger partial charge in [-0.3, -0.25) is 0 Å². The molecule has 2 aromatic heterocycles. The van der Waals surface area contributed by atoms with Gasteiger partial charge in [0, 0.05) is 36.0 Å². The van der Waals surface area contributed by atoms with E-state index in [9.17, 15) is 27.1 Å². The SMILES string of the molecule is CC1(C)[C@@H](O)C[C@H]1Nc1nc(NCc2cccnc2OCC(F)F)ncc1C(F)(F)F. The predicted octanol–water partition coefficient (Wildman–Crippen LogP) is 3.72. The normalized spacial score (nSPS) is 20.3. The van der Waals surface area contributed by atoms with Crippen molar-refractivity contribution in [2.24, 2.45) is 5.41 Å². The molecule has 1 saturated carbocycles. The van der Waals surface area contributed by atoms with E-state index < -0.39 is 48.2 Å². The number of aromatic nitrogens is 3. The van der Waals surface area contributed by atoms with Crippen LogP contribution in [-0.4, -0.2) is 45.2 Å². The predicted molar refractivity (Wildman–Crippen MR) is 102 cm³/mol. The molecule has 0 radical (unpaired) electrons. The van der Waals surface area contributed by atoms with Crippen LogP contribution in [0.15, 0.2) is 24.5 Å². The number of nitrogens with zero attached hydrogens (tertiary/aromatic N) is 3. The lowest BCUT2D eigenvalue weighted by Gasteiger charge is -2.49. The molecule has 3 rings (SSSR count). The molecule has 0 aliphatic heterocycles. The van der Waals surface area contributed by atoms with Crippen LogP contribution in [0.1, 0.15) is 31.4 Å². The number of nitrogens with one attached hydrogen (secondary N) is 2. The first-order valence-electron chi connectivity index (χ1n) is 9.46. The van der Waals surface area contributed by atoms with Gasteiger partial charge in [-0.25, -0.2) is 18.7 Å². The van der Waals surface area contributed by atoms with Gasteiger partial charge in [-0.2, -0.15) is 18.2 Å². The molecule has 1 aliphatic rings. The van der Waals surface area contributed by atoms with Gasteiger partial charge in [0.15, 0.2) is 6.61 Å². The summed E-state index contributed by atoms with van der Waals surface area (Å²) in [4.78, 5) is 11.6. The highest BCUT2D eigenvalue weighted by molar-refractivity contribution is 5.50. The second-order valence-electron chi connectivity index (χ2n) is 7.75. The van der Waals surface area contributed by atoms with E-state index in [1.54, 1.807) is 26.0 Å². The summed E-state index contributed by atoms with van der Waals surface area (Å²) in [5.74, 6) is -0.530. The molecule has 2 atom stereocenters. The summed E-state index contributed by atoms with van der Waals surface area (Å²) in [6.07, 6.45) is -5.66. The van der Waals surface area contributed by atoms with E-state index in [1.807, 2.05) is 0 Å². The van der Waals surface area contributed by atoms with Gasteiger partial charge in [-0.15, -0.1) is 0 Å². The molecule has 0 bridgehead atoms.